The number of aryl methyl sites for hydroxylation is 1. The Morgan fingerprint density at radius 1 is 1.50 bits per heavy atom. The van der Waals surface area contributed by atoms with Gasteiger partial charge in [-0.15, -0.1) is 0 Å². The van der Waals surface area contributed by atoms with E-state index in [2.05, 4.69) is 4.98 Å². The number of rotatable bonds is 3. The van der Waals surface area contributed by atoms with Crippen LogP contribution in [0.4, 0.5) is 0 Å². The molecule has 0 aromatic carbocycles. The minimum absolute atomic E-state index is 0.399. The highest BCUT2D eigenvalue weighted by atomic mass is 16.6. The Morgan fingerprint density at radius 2 is 2.11 bits per heavy atom. The summed E-state index contributed by atoms with van der Waals surface area (Å²) in [5.41, 5.74) is 6.25. The molecule has 0 aliphatic carbocycles. The van der Waals surface area contributed by atoms with E-state index in [0.717, 1.165) is 5.56 Å². The molecule has 0 saturated heterocycles. The fourth-order valence-corrected chi connectivity index (χ4v) is 1.48. The standard InChI is InChI=1S/C13H20N2O3/c1-8-6-5-7-15-10(8)11(16)9(14)12(17)18-13(2,3)4/h5-7,9,11,16H,14H2,1-4H3/t9-,11+/m0/s1. The van der Waals surface area contributed by atoms with Crippen LogP contribution in [-0.4, -0.2) is 27.7 Å². The number of nitrogens with zero attached hydrogens (tertiary/aromatic N) is 1. The number of hydrogen-bond acceptors (Lipinski definition) is 5. The molecular weight excluding hydrogens is 232 g/mol. The molecule has 5 nitrogen and oxygen atoms in total. The average molecular weight is 252 g/mol. The zero-order valence-electron chi connectivity index (χ0n) is 11.2. The topological polar surface area (TPSA) is 85.4 Å². The molecule has 0 bridgehead atoms. The molecule has 1 heterocycles. The molecular formula is C13H20N2O3. The molecule has 0 fully saturated rings. The lowest BCUT2D eigenvalue weighted by Crippen LogP contribution is -2.42. The van der Waals surface area contributed by atoms with E-state index in [1.165, 1.54) is 0 Å². The second-order valence-electron chi connectivity index (χ2n) is 5.21. The molecule has 0 aliphatic heterocycles. The van der Waals surface area contributed by atoms with Gasteiger partial charge in [0.2, 0.25) is 0 Å². The summed E-state index contributed by atoms with van der Waals surface area (Å²) < 4.78 is 5.13. The fourth-order valence-electron chi connectivity index (χ4n) is 1.48. The summed E-state index contributed by atoms with van der Waals surface area (Å²) in [5, 5.41) is 10.0. The van der Waals surface area contributed by atoms with Crippen molar-refractivity contribution in [3.05, 3.63) is 29.6 Å². The minimum Gasteiger partial charge on any atom is -0.459 e. The average Bonchev–Trinajstić information content (AvgIpc) is 2.25. The van der Waals surface area contributed by atoms with Crippen molar-refractivity contribution in [3.63, 3.8) is 0 Å². The maximum Gasteiger partial charge on any atom is 0.326 e. The molecule has 18 heavy (non-hydrogen) atoms. The van der Waals surface area contributed by atoms with Gasteiger partial charge in [0, 0.05) is 6.20 Å². The molecule has 1 aromatic rings. The number of aliphatic hydroxyl groups excluding tert-OH is 1. The van der Waals surface area contributed by atoms with E-state index in [1.54, 1.807) is 46.0 Å². The summed E-state index contributed by atoms with van der Waals surface area (Å²) in [7, 11) is 0. The lowest BCUT2D eigenvalue weighted by molar-refractivity contribution is -0.159. The Morgan fingerprint density at radius 3 is 2.61 bits per heavy atom. The molecule has 0 amide bonds. The molecule has 3 N–H and O–H groups in total. The van der Waals surface area contributed by atoms with Gasteiger partial charge in [0.25, 0.3) is 0 Å². The molecule has 0 saturated carbocycles. The molecule has 1 aromatic heterocycles. The number of esters is 1. The van der Waals surface area contributed by atoms with Gasteiger partial charge in [-0.2, -0.15) is 0 Å². The first-order valence-corrected chi connectivity index (χ1v) is 5.80. The normalized spacial score (nSPS) is 15.0. The van der Waals surface area contributed by atoms with E-state index >= 15 is 0 Å². The number of carbonyl (C=O) groups excluding carboxylic acids is 1. The first-order chi connectivity index (χ1) is 8.22. The summed E-state index contributed by atoms with van der Waals surface area (Å²) in [5.74, 6) is -0.639. The van der Waals surface area contributed by atoms with Gasteiger partial charge in [0.1, 0.15) is 17.7 Å². The largest absolute Gasteiger partial charge is 0.459 e. The highest BCUT2D eigenvalue weighted by molar-refractivity contribution is 5.76. The molecule has 5 heteroatoms. The highest BCUT2D eigenvalue weighted by Gasteiger charge is 2.30. The third-order valence-corrected chi connectivity index (χ3v) is 2.35. The van der Waals surface area contributed by atoms with E-state index in [0.29, 0.717) is 5.69 Å². The van der Waals surface area contributed by atoms with Crippen molar-refractivity contribution in [1.29, 1.82) is 0 Å². The fraction of sp³-hybridized carbons (Fsp3) is 0.538. The van der Waals surface area contributed by atoms with Gasteiger partial charge in [-0.05, 0) is 39.3 Å². The van der Waals surface area contributed by atoms with Gasteiger partial charge in [0.15, 0.2) is 0 Å². The summed E-state index contributed by atoms with van der Waals surface area (Å²) in [6.45, 7) is 7.04. The first kappa shape index (κ1) is 14.6. The van der Waals surface area contributed by atoms with Crippen LogP contribution in [0.1, 0.15) is 38.1 Å². The third-order valence-electron chi connectivity index (χ3n) is 2.35. The molecule has 100 valence electrons. The number of hydrogen-bond donors (Lipinski definition) is 2. The van der Waals surface area contributed by atoms with Crippen molar-refractivity contribution in [2.75, 3.05) is 0 Å². The molecule has 0 spiro atoms. The van der Waals surface area contributed by atoms with Crippen molar-refractivity contribution in [2.24, 2.45) is 5.73 Å². The van der Waals surface area contributed by atoms with Crippen LogP contribution in [0, 0.1) is 6.92 Å². The minimum atomic E-state index is -1.17. The van der Waals surface area contributed by atoms with E-state index in [-0.39, 0.29) is 0 Å². The molecule has 0 radical (unpaired) electrons. The molecule has 1 rings (SSSR count). The molecule has 0 aliphatic rings. The lowest BCUT2D eigenvalue weighted by Gasteiger charge is -2.24. The molecule has 2 atom stereocenters. The third kappa shape index (κ3) is 3.78. The molecule has 0 unspecified atom stereocenters. The van der Waals surface area contributed by atoms with Crippen LogP contribution in [0.5, 0.6) is 0 Å². The van der Waals surface area contributed by atoms with Crippen LogP contribution in [0.3, 0.4) is 0 Å². The van der Waals surface area contributed by atoms with E-state index in [1.807, 2.05) is 0 Å². The van der Waals surface area contributed by atoms with E-state index in [4.69, 9.17) is 10.5 Å². The van der Waals surface area contributed by atoms with Crippen LogP contribution in [0.2, 0.25) is 0 Å². The lowest BCUT2D eigenvalue weighted by atomic mass is 10.0. The predicted octanol–water partition coefficient (Wildman–Crippen LogP) is 1.09. The zero-order valence-corrected chi connectivity index (χ0v) is 11.2. The van der Waals surface area contributed by atoms with Gasteiger partial charge < -0.3 is 15.6 Å². The summed E-state index contributed by atoms with van der Waals surface area (Å²) in [6.07, 6.45) is 0.383. The van der Waals surface area contributed by atoms with Crippen molar-refractivity contribution >= 4 is 5.97 Å². The van der Waals surface area contributed by atoms with Crippen LogP contribution < -0.4 is 5.73 Å². The van der Waals surface area contributed by atoms with Crippen LogP contribution in [0.15, 0.2) is 18.3 Å². The van der Waals surface area contributed by atoms with Gasteiger partial charge in [0.05, 0.1) is 5.69 Å². The highest BCUT2D eigenvalue weighted by Crippen LogP contribution is 2.19. The quantitative estimate of drug-likeness (QED) is 0.787. The number of nitrogens with two attached hydrogens (primary N) is 1. The Labute approximate surface area is 107 Å². The monoisotopic (exact) mass is 252 g/mol. The van der Waals surface area contributed by atoms with E-state index in [9.17, 15) is 9.90 Å². The van der Waals surface area contributed by atoms with Gasteiger partial charge in [-0.25, -0.2) is 0 Å². The Balaban J connectivity index is 2.82. The Bertz CT molecular complexity index is 426. The second kappa shape index (κ2) is 5.46. The zero-order chi connectivity index (χ0) is 13.9. The van der Waals surface area contributed by atoms with Gasteiger partial charge >= 0.3 is 5.97 Å². The van der Waals surface area contributed by atoms with Crippen LogP contribution in [0.25, 0.3) is 0 Å². The number of aliphatic hydroxyl groups is 1. The smallest absolute Gasteiger partial charge is 0.326 e. The summed E-state index contributed by atoms with van der Waals surface area (Å²) in [4.78, 5) is 15.8. The summed E-state index contributed by atoms with van der Waals surface area (Å²) >= 11 is 0. The van der Waals surface area contributed by atoms with Crippen LogP contribution in [-0.2, 0) is 9.53 Å². The number of ether oxygens (including phenoxy) is 1. The maximum atomic E-state index is 11.7. The van der Waals surface area contributed by atoms with Crippen molar-refractivity contribution in [1.82, 2.24) is 4.98 Å². The summed E-state index contributed by atoms with van der Waals surface area (Å²) in [6, 6.07) is 2.41. The van der Waals surface area contributed by atoms with Gasteiger partial charge in [-0.3, -0.25) is 9.78 Å². The second-order valence-corrected chi connectivity index (χ2v) is 5.21. The number of aromatic nitrogens is 1. The maximum absolute atomic E-state index is 11.7. The number of carbonyl (C=O) groups is 1. The van der Waals surface area contributed by atoms with Crippen molar-refractivity contribution in [2.45, 2.75) is 45.4 Å². The van der Waals surface area contributed by atoms with Gasteiger partial charge in [-0.1, -0.05) is 6.07 Å². The van der Waals surface area contributed by atoms with Crippen molar-refractivity contribution < 1.29 is 14.6 Å². The Kier molecular flexibility index (Phi) is 4.43. The predicted molar refractivity (Wildman–Crippen MR) is 67.8 cm³/mol. The van der Waals surface area contributed by atoms with E-state index < -0.39 is 23.7 Å². The first-order valence-electron chi connectivity index (χ1n) is 5.80. The SMILES string of the molecule is Cc1cccnc1[C@H](O)[C@H](N)C(=O)OC(C)(C)C. The van der Waals surface area contributed by atoms with Crippen LogP contribution >= 0.6 is 0 Å². The van der Waals surface area contributed by atoms with Crippen molar-refractivity contribution in [3.8, 4) is 0 Å². The number of pyridine rings is 1. The Hall–Kier alpha value is -1.46.